The highest BCUT2D eigenvalue weighted by atomic mass is 32.2. The summed E-state index contributed by atoms with van der Waals surface area (Å²) in [7, 11) is -8.55. The summed E-state index contributed by atoms with van der Waals surface area (Å²) in [4.78, 5) is 31.3. The van der Waals surface area contributed by atoms with Crippen molar-refractivity contribution in [2.24, 2.45) is 5.73 Å². The first-order valence-corrected chi connectivity index (χ1v) is 19.8. The molecule has 3 aromatic carbocycles. The van der Waals surface area contributed by atoms with Crippen molar-refractivity contribution in [2.45, 2.75) is 47.5 Å². The van der Waals surface area contributed by atoms with Crippen LogP contribution in [0.3, 0.4) is 0 Å². The molecule has 7 N–H and O–H groups in total. The van der Waals surface area contributed by atoms with Gasteiger partial charge in [0.2, 0.25) is 21.9 Å². The number of sulfone groups is 1. The van der Waals surface area contributed by atoms with E-state index in [0.717, 1.165) is 6.92 Å². The molecule has 20 heteroatoms. The standard InChI is InChI=1S/C20H19FN4O3S.C18H16F3N5O2S/c1-20(2,19(23)26)29(27,28)17-6-4-3-5-13(17)12-7-8-14(15(21)9-12)16-10-25-18(22)11-24-16;1-11(18(19,20)21)26-29(27,28)16-5-3-2-4-14(16)12-6-7-15(23-8-12)13-9-24-17(22)25-10-13/h3-11H,1-2H3,(H2,22,25)(H2,23,26);2-11,26H,1H3,(H2,22,24,25)/t;11-/m.1/s1. The van der Waals surface area contributed by atoms with E-state index in [4.69, 9.17) is 17.2 Å². The van der Waals surface area contributed by atoms with E-state index in [1.165, 1.54) is 87.3 Å². The van der Waals surface area contributed by atoms with E-state index in [1.807, 2.05) is 0 Å². The number of nitrogen functional groups attached to an aromatic ring is 2. The van der Waals surface area contributed by atoms with Crippen molar-refractivity contribution in [3.63, 3.8) is 0 Å². The summed E-state index contributed by atoms with van der Waals surface area (Å²) in [6, 6.07) is 17.1. The fourth-order valence-corrected chi connectivity index (χ4v) is 8.22. The van der Waals surface area contributed by atoms with Gasteiger partial charge in [0.1, 0.15) is 22.4 Å². The molecule has 58 heavy (non-hydrogen) atoms. The second-order valence-electron chi connectivity index (χ2n) is 13.0. The first-order valence-electron chi connectivity index (χ1n) is 16.9. The number of carbonyl (C=O) groups excluding carboxylic acids is 1. The molecule has 3 heterocycles. The molecule has 302 valence electrons. The Morgan fingerprint density at radius 2 is 1.22 bits per heavy atom. The third-order valence-electron chi connectivity index (χ3n) is 8.71. The van der Waals surface area contributed by atoms with Crippen molar-refractivity contribution in [1.29, 1.82) is 0 Å². The Balaban J connectivity index is 0.000000221. The lowest BCUT2D eigenvalue weighted by atomic mass is 10.0. The number of sulfonamides is 1. The monoisotopic (exact) mass is 837 g/mol. The summed E-state index contributed by atoms with van der Waals surface area (Å²) in [5, 5.41) is 0. The number of carbonyl (C=O) groups is 1. The maximum Gasteiger partial charge on any atom is 0.404 e. The average Bonchev–Trinajstić information content (AvgIpc) is 3.18. The second kappa shape index (κ2) is 16.6. The number of halogens is 4. The lowest BCUT2D eigenvalue weighted by molar-refractivity contribution is -0.147. The Labute approximate surface area is 330 Å². The maximum atomic E-state index is 14.8. The number of benzene rings is 3. The lowest BCUT2D eigenvalue weighted by Gasteiger charge is -2.23. The Bertz CT molecular complexity index is 2670. The minimum Gasteiger partial charge on any atom is -0.382 e. The van der Waals surface area contributed by atoms with Crippen molar-refractivity contribution in [1.82, 2.24) is 29.6 Å². The molecule has 0 aliphatic heterocycles. The zero-order valence-electron chi connectivity index (χ0n) is 30.8. The molecule has 3 aromatic heterocycles. The molecule has 0 fully saturated rings. The molecule has 0 unspecified atom stereocenters. The van der Waals surface area contributed by atoms with E-state index in [-0.39, 0.29) is 38.2 Å². The van der Waals surface area contributed by atoms with Crippen LogP contribution in [0.15, 0.2) is 120 Å². The summed E-state index contributed by atoms with van der Waals surface area (Å²) in [5.41, 5.74) is 19.1. The Morgan fingerprint density at radius 1 is 0.672 bits per heavy atom. The van der Waals surface area contributed by atoms with Gasteiger partial charge in [0.25, 0.3) is 0 Å². The molecule has 6 aromatic rings. The van der Waals surface area contributed by atoms with Gasteiger partial charge < -0.3 is 17.2 Å². The maximum absolute atomic E-state index is 14.8. The molecule has 1 amide bonds. The van der Waals surface area contributed by atoms with Crippen LogP contribution in [-0.2, 0) is 24.7 Å². The SMILES string of the molecule is CC(C)(C(N)=O)S(=O)(=O)c1ccccc1-c1ccc(-c2cnc(N)cn2)c(F)c1.C[C@@H](NS(=O)(=O)c1ccccc1-c1ccc(-c2cnc(N)nc2)nc1)C(F)(F)F. The lowest BCUT2D eigenvalue weighted by Crippen LogP contribution is -2.45. The van der Waals surface area contributed by atoms with Crippen LogP contribution < -0.4 is 21.9 Å². The van der Waals surface area contributed by atoms with Crippen LogP contribution in [0.25, 0.3) is 44.8 Å². The summed E-state index contributed by atoms with van der Waals surface area (Å²) < 4.78 is 104. The molecule has 6 rings (SSSR count). The van der Waals surface area contributed by atoms with Gasteiger partial charge in [-0.25, -0.2) is 36.2 Å². The number of nitrogens with two attached hydrogens (primary N) is 3. The van der Waals surface area contributed by atoms with Crippen LogP contribution in [0.2, 0.25) is 0 Å². The van der Waals surface area contributed by atoms with E-state index in [2.05, 4.69) is 24.9 Å². The highest BCUT2D eigenvalue weighted by Gasteiger charge is 2.42. The van der Waals surface area contributed by atoms with Crippen LogP contribution in [0, 0.1) is 5.82 Å². The summed E-state index contributed by atoms with van der Waals surface area (Å²) in [6.45, 7) is 3.22. The van der Waals surface area contributed by atoms with Gasteiger partial charge in [0, 0.05) is 46.4 Å². The Hall–Kier alpha value is -6.38. The van der Waals surface area contributed by atoms with Crippen LogP contribution in [0.4, 0.5) is 29.3 Å². The van der Waals surface area contributed by atoms with E-state index in [0.29, 0.717) is 28.1 Å². The largest absolute Gasteiger partial charge is 0.404 e. The molecule has 0 saturated heterocycles. The van der Waals surface area contributed by atoms with Crippen molar-refractivity contribution in [2.75, 3.05) is 11.5 Å². The predicted octanol–water partition coefficient (Wildman–Crippen LogP) is 5.59. The van der Waals surface area contributed by atoms with Gasteiger partial charge in [-0.2, -0.15) is 17.9 Å². The smallest absolute Gasteiger partial charge is 0.382 e. The molecule has 0 radical (unpaired) electrons. The molecular weight excluding hydrogens is 803 g/mol. The molecule has 0 aliphatic carbocycles. The number of nitrogens with zero attached hydrogens (tertiary/aromatic N) is 5. The quantitative estimate of drug-likeness (QED) is 0.124. The highest BCUT2D eigenvalue weighted by Crippen LogP contribution is 2.35. The third kappa shape index (κ3) is 9.25. The van der Waals surface area contributed by atoms with Gasteiger partial charge in [0.15, 0.2) is 9.84 Å². The summed E-state index contributed by atoms with van der Waals surface area (Å²) in [5.74, 6) is -1.26. The molecule has 0 saturated carbocycles. The molecule has 14 nitrogen and oxygen atoms in total. The van der Waals surface area contributed by atoms with Crippen LogP contribution in [0.5, 0.6) is 0 Å². The van der Waals surface area contributed by atoms with E-state index in [1.54, 1.807) is 41.1 Å². The second-order valence-corrected chi connectivity index (χ2v) is 17.2. The van der Waals surface area contributed by atoms with Gasteiger partial charge in [0.05, 0.1) is 33.6 Å². The first kappa shape index (κ1) is 42.8. The van der Waals surface area contributed by atoms with Crippen molar-refractivity contribution in [3.8, 4) is 44.8 Å². The number of hydrogen-bond donors (Lipinski definition) is 4. The van der Waals surface area contributed by atoms with Crippen molar-refractivity contribution >= 4 is 37.5 Å². The molecular formula is C38H35F4N9O5S2. The normalized spacial score (nSPS) is 12.6. The molecule has 0 bridgehead atoms. The van der Waals surface area contributed by atoms with Gasteiger partial charge >= 0.3 is 6.18 Å². The van der Waals surface area contributed by atoms with E-state index < -0.39 is 48.6 Å². The minimum absolute atomic E-state index is 0.108. The fraction of sp³-hybridized carbons (Fsp3) is 0.158. The minimum atomic E-state index is -4.70. The number of hydrogen-bond acceptors (Lipinski definition) is 12. The zero-order valence-corrected chi connectivity index (χ0v) is 32.4. The third-order valence-corrected chi connectivity index (χ3v) is 12.8. The molecule has 0 spiro atoms. The number of aromatic nitrogens is 5. The van der Waals surface area contributed by atoms with Gasteiger partial charge in [-0.1, -0.05) is 48.5 Å². The number of anilines is 2. The summed E-state index contributed by atoms with van der Waals surface area (Å²) >= 11 is 0. The highest BCUT2D eigenvalue weighted by molar-refractivity contribution is 7.93. The number of nitrogens with one attached hydrogen (secondary N) is 1. The summed E-state index contributed by atoms with van der Waals surface area (Å²) in [6.07, 6.45) is 2.37. The Kier molecular flexibility index (Phi) is 12.2. The van der Waals surface area contributed by atoms with Crippen LogP contribution in [0.1, 0.15) is 20.8 Å². The topological polar surface area (TPSA) is 240 Å². The van der Waals surface area contributed by atoms with Gasteiger partial charge in [-0.3, -0.25) is 14.8 Å². The molecule has 1 atom stereocenters. The fourth-order valence-electron chi connectivity index (χ4n) is 5.21. The average molecular weight is 838 g/mol. The van der Waals surface area contributed by atoms with Gasteiger partial charge in [-0.15, -0.1) is 0 Å². The zero-order chi connectivity index (χ0) is 42.6. The molecule has 0 aliphatic rings. The van der Waals surface area contributed by atoms with E-state index >= 15 is 0 Å². The van der Waals surface area contributed by atoms with Crippen molar-refractivity contribution < 1.29 is 39.2 Å². The number of alkyl halides is 3. The predicted molar refractivity (Wildman–Crippen MR) is 209 cm³/mol. The number of amides is 1. The number of pyridine rings is 1. The Morgan fingerprint density at radius 3 is 1.76 bits per heavy atom. The first-order chi connectivity index (χ1) is 27.1. The van der Waals surface area contributed by atoms with Crippen LogP contribution in [-0.4, -0.2) is 64.6 Å². The van der Waals surface area contributed by atoms with Crippen molar-refractivity contribution in [3.05, 3.63) is 116 Å². The van der Waals surface area contributed by atoms with Gasteiger partial charge in [-0.05, 0) is 56.7 Å². The number of rotatable bonds is 10. The van der Waals surface area contributed by atoms with E-state index in [9.17, 15) is 39.2 Å². The van der Waals surface area contributed by atoms with Crippen LogP contribution >= 0.6 is 0 Å². The number of primary amides is 1.